The van der Waals surface area contributed by atoms with E-state index >= 15 is 0 Å². The molecule has 26 heavy (non-hydrogen) atoms. The molecule has 0 aliphatic rings. The molecule has 132 valence electrons. The Kier molecular flexibility index (Phi) is 6.39. The molecule has 3 heteroatoms. The first-order valence-corrected chi connectivity index (χ1v) is 9.38. The lowest BCUT2D eigenvalue weighted by Gasteiger charge is -2.27. The summed E-state index contributed by atoms with van der Waals surface area (Å²) >= 11 is 5.78. The number of rotatable bonds is 6. The normalized spacial score (nSPS) is 10.3. The lowest BCUT2D eigenvalue weighted by molar-refractivity contribution is 0.413. The molecule has 0 amide bonds. The molecule has 0 aliphatic heterocycles. The largest absolute Gasteiger partial charge is 0.340 e. The number of hydrogen-bond acceptors (Lipinski definition) is 1. The highest BCUT2D eigenvalue weighted by Crippen LogP contribution is 2.18. The maximum absolute atomic E-state index is 5.78. The molecule has 3 rings (SSSR count). The zero-order valence-corrected chi connectivity index (χ0v) is 15.9. The van der Waals surface area contributed by atoms with Crippen LogP contribution in [0.25, 0.3) is 0 Å². The fraction of sp³-hybridized carbons (Fsp3) is 0.174. The average molecular weight is 361 g/mol. The van der Waals surface area contributed by atoms with Crippen LogP contribution in [0.5, 0.6) is 0 Å². The van der Waals surface area contributed by atoms with Crippen LogP contribution in [-0.4, -0.2) is 10.0 Å². The molecule has 1 N–H and O–H groups in total. The maximum Gasteiger partial charge on any atom is 0.174 e. The fourth-order valence-electron chi connectivity index (χ4n) is 2.95. The zero-order valence-electron chi connectivity index (χ0n) is 15.1. The molecular weight excluding hydrogens is 336 g/mol. The van der Waals surface area contributed by atoms with E-state index in [4.69, 9.17) is 12.2 Å². The molecule has 0 aromatic heterocycles. The third-order valence-corrected chi connectivity index (χ3v) is 4.72. The highest BCUT2D eigenvalue weighted by Gasteiger charge is 2.12. The van der Waals surface area contributed by atoms with Crippen molar-refractivity contribution in [2.45, 2.75) is 26.4 Å². The SMILES string of the molecule is CCc1ccccc1NC(=S)N(Cc1ccccc1)Cc1ccccc1. The predicted octanol–water partition coefficient (Wildman–Crippen LogP) is 5.65. The number of anilines is 1. The van der Waals surface area contributed by atoms with Gasteiger partial charge in [0.25, 0.3) is 0 Å². The molecule has 0 bridgehead atoms. The molecule has 0 atom stereocenters. The number of nitrogens with one attached hydrogen (secondary N) is 1. The van der Waals surface area contributed by atoms with Crippen molar-refractivity contribution in [2.24, 2.45) is 0 Å². The van der Waals surface area contributed by atoms with Crippen LogP contribution in [0.2, 0.25) is 0 Å². The Labute approximate surface area is 161 Å². The first kappa shape index (κ1) is 18.2. The van der Waals surface area contributed by atoms with Gasteiger partial charge in [0, 0.05) is 18.8 Å². The highest BCUT2D eigenvalue weighted by atomic mass is 32.1. The van der Waals surface area contributed by atoms with Crippen molar-refractivity contribution < 1.29 is 0 Å². The summed E-state index contributed by atoms with van der Waals surface area (Å²) in [5.74, 6) is 0. The van der Waals surface area contributed by atoms with Crippen molar-refractivity contribution in [2.75, 3.05) is 5.32 Å². The van der Waals surface area contributed by atoms with Gasteiger partial charge in [0.05, 0.1) is 0 Å². The van der Waals surface area contributed by atoms with E-state index in [2.05, 4.69) is 83.9 Å². The third-order valence-electron chi connectivity index (χ3n) is 4.36. The van der Waals surface area contributed by atoms with Crippen LogP contribution in [0, 0.1) is 0 Å². The summed E-state index contributed by atoms with van der Waals surface area (Å²) in [5.41, 5.74) is 4.85. The van der Waals surface area contributed by atoms with Crippen LogP contribution >= 0.6 is 12.2 Å². The molecule has 3 aromatic rings. The van der Waals surface area contributed by atoms with Gasteiger partial charge < -0.3 is 10.2 Å². The summed E-state index contributed by atoms with van der Waals surface area (Å²) in [6, 6.07) is 29.3. The minimum Gasteiger partial charge on any atom is -0.340 e. The minimum absolute atomic E-state index is 0.749. The Balaban J connectivity index is 1.80. The van der Waals surface area contributed by atoms with Gasteiger partial charge in [-0.3, -0.25) is 0 Å². The summed E-state index contributed by atoms with van der Waals surface area (Å²) < 4.78 is 0. The molecule has 0 radical (unpaired) electrons. The molecule has 0 heterocycles. The quantitative estimate of drug-likeness (QED) is 0.572. The van der Waals surface area contributed by atoms with Crippen molar-refractivity contribution in [1.82, 2.24) is 4.90 Å². The van der Waals surface area contributed by atoms with E-state index < -0.39 is 0 Å². The van der Waals surface area contributed by atoms with Crippen molar-refractivity contribution >= 4 is 23.0 Å². The van der Waals surface area contributed by atoms with Crippen LogP contribution in [0.4, 0.5) is 5.69 Å². The molecule has 0 fully saturated rings. The van der Waals surface area contributed by atoms with Crippen molar-refractivity contribution in [3.63, 3.8) is 0 Å². The third kappa shape index (κ3) is 4.93. The highest BCUT2D eigenvalue weighted by molar-refractivity contribution is 7.80. The van der Waals surface area contributed by atoms with Crippen LogP contribution < -0.4 is 5.32 Å². The molecule has 0 aliphatic carbocycles. The van der Waals surface area contributed by atoms with Gasteiger partial charge in [-0.2, -0.15) is 0 Å². The number of hydrogen-bond donors (Lipinski definition) is 1. The monoisotopic (exact) mass is 360 g/mol. The Bertz CT molecular complexity index is 790. The first-order chi connectivity index (χ1) is 12.8. The van der Waals surface area contributed by atoms with E-state index in [1.165, 1.54) is 16.7 Å². The Morgan fingerprint density at radius 2 is 1.27 bits per heavy atom. The number of benzene rings is 3. The molecule has 2 nitrogen and oxygen atoms in total. The zero-order chi connectivity index (χ0) is 18.2. The minimum atomic E-state index is 0.749. The lowest BCUT2D eigenvalue weighted by Crippen LogP contribution is -2.34. The fourth-order valence-corrected chi connectivity index (χ4v) is 3.19. The van der Waals surface area contributed by atoms with Gasteiger partial charge in [-0.25, -0.2) is 0 Å². The van der Waals surface area contributed by atoms with Crippen LogP contribution in [0.1, 0.15) is 23.6 Å². The van der Waals surface area contributed by atoms with Gasteiger partial charge in [-0.1, -0.05) is 85.8 Å². The summed E-state index contributed by atoms with van der Waals surface area (Å²) in [7, 11) is 0. The van der Waals surface area contributed by atoms with Crippen molar-refractivity contribution in [1.29, 1.82) is 0 Å². The van der Waals surface area contributed by atoms with E-state index in [9.17, 15) is 0 Å². The maximum atomic E-state index is 5.78. The molecule has 0 spiro atoms. The average Bonchev–Trinajstić information content (AvgIpc) is 2.69. The number of thiocarbonyl (C=S) groups is 1. The second-order valence-electron chi connectivity index (χ2n) is 6.27. The number of nitrogens with zero attached hydrogens (tertiary/aromatic N) is 1. The second kappa shape index (κ2) is 9.16. The van der Waals surface area contributed by atoms with Gasteiger partial charge in [-0.05, 0) is 41.4 Å². The van der Waals surface area contributed by atoms with Gasteiger partial charge in [0.15, 0.2) is 5.11 Å². The van der Waals surface area contributed by atoms with E-state index in [1.54, 1.807) is 0 Å². The summed E-state index contributed by atoms with van der Waals surface area (Å²) in [6.07, 6.45) is 0.975. The van der Waals surface area contributed by atoms with Crippen molar-refractivity contribution in [3.8, 4) is 0 Å². The Morgan fingerprint density at radius 3 is 1.81 bits per heavy atom. The molecule has 3 aromatic carbocycles. The van der Waals surface area contributed by atoms with E-state index in [-0.39, 0.29) is 0 Å². The van der Waals surface area contributed by atoms with Gasteiger partial charge in [-0.15, -0.1) is 0 Å². The Hall–Kier alpha value is -2.65. The topological polar surface area (TPSA) is 15.3 Å². The van der Waals surface area contributed by atoms with Crippen LogP contribution in [0.3, 0.4) is 0 Å². The lowest BCUT2D eigenvalue weighted by atomic mass is 10.1. The first-order valence-electron chi connectivity index (χ1n) is 8.98. The van der Waals surface area contributed by atoms with E-state index in [1.807, 2.05) is 18.2 Å². The summed E-state index contributed by atoms with van der Waals surface area (Å²) in [5, 5.41) is 4.21. The smallest absolute Gasteiger partial charge is 0.174 e. The summed E-state index contributed by atoms with van der Waals surface area (Å²) in [4.78, 5) is 2.21. The van der Waals surface area contributed by atoms with Crippen LogP contribution in [0.15, 0.2) is 84.9 Å². The molecule has 0 saturated heterocycles. The van der Waals surface area contributed by atoms with Gasteiger partial charge in [0.2, 0.25) is 0 Å². The van der Waals surface area contributed by atoms with Crippen LogP contribution in [-0.2, 0) is 19.5 Å². The number of para-hydroxylation sites is 1. The van der Waals surface area contributed by atoms with E-state index in [0.29, 0.717) is 0 Å². The standard InChI is InChI=1S/C23H24N2S/c1-2-21-15-9-10-16-22(21)24-23(26)25(17-19-11-5-3-6-12-19)18-20-13-7-4-8-14-20/h3-16H,2,17-18H2,1H3,(H,24,26). The van der Waals surface area contributed by atoms with E-state index in [0.717, 1.165) is 30.3 Å². The Morgan fingerprint density at radius 1 is 0.769 bits per heavy atom. The predicted molar refractivity (Wildman–Crippen MR) is 114 cm³/mol. The molecule has 0 unspecified atom stereocenters. The molecular formula is C23H24N2S. The van der Waals surface area contributed by atoms with Gasteiger partial charge in [0.1, 0.15) is 0 Å². The number of aryl methyl sites for hydroxylation is 1. The second-order valence-corrected chi connectivity index (χ2v) is 6.65. The molecule has 0 saturated carbocycles. The summed E-state index contributed by atoms with van der Waals surface area (Å²) in [6.45, 7) is 3.71. The van der Waals surface area contributed by atoms with Crippen molar-refractivity contribution in [3.05, 3.63) is 102 Å². The van der Waals surface area contributed by atoms with Gasteiger partial charge >= 0.3 is 0 Å².